The van der Waals surface area contributed by atoms with E-state index in [0.717, 1.165) is 17.3 Å². The number of nitrogens with zero attached hydrogens (tertiary/aromatic N) is 2. The average molecular weight is 243 g/mol. The molecule has 92 valence electrons. The molecule has 0 radical (unpaired) electrons. The van der Waals surface area contributed by atoms with E-state index in [2.05, 4.69) is 30.9 Å². The molecule has 0 unspecified atom stereocenters. The van der Waals surface area contributed by atoms with Crippen molar-refractivity contribution in [3.63, 3.8) is 0 Å². The summed E-state index contributed by atoms with van der Waals surface area (Å²) in [5.41, 5.74) is 5.66. The third-order valence-corrected chi connectivity index (χ3v) is 3.23. The molecule has 0 aliphatic rings. The first-order chi connectivity index (χ1) is 7.18. The third-order valence-electron chi connectivity index (χ3n) is 1.81. The summed E-state index contributed by atoms with van der Waals surface area (Å²) < 4.78 is 5.21. The van der Waals surface area contributed by atoms with Gasteiger partial charge in [-0.25, -0.2) is 0 Å². The maximum atomic E-state index is 5.89. The Morgan fingerprint density at radius 3 is 2.31 bits per heavy atom. The molecule has 2 N–H and O–H groups in total. The maximum Gasteiger partial charge on any atom is 0.232 e. The van der Waals surface area contributed by atoms with Crippen LogP contribution in [0, 0.1) is 0 Å². The maximum absolute atomic E-state index is 5.89. The van der Waals surface area contributed by atoms with E-state index in [1.54, 1.807) is 11.8 Å². The fraction of sp³-hybridized carbons (Fsp3) is 0.818. The van der Waals surface area contributed by atoms with Crippen LogP contribution in [0.25, 0.3) is 0 Å². The SMILES string of the molecule is CC(C)(N)CSCc1noc(C(C)(C)C)n1. The van der Waals surface area contributed by atoms with Crippen LogP contribution in [0.5, 0.6) is 0 Å². The average Bonchev–Trinajstić information content (AvgIpc) is 2.49. The van der Waals surface area contributed by atoms with Crippen LogP contribution in [0.3, 0.4) is 0 Å². The highest BCUT2D eigenvalue weighted by Gasteiger charge is 2.21. The second-order valence-corrected chi connectivity index (χ2v) is 6.73. The normalized spacial score (nSPS) is 13.1. The molecule has 0 atom stereocenters. The molecule has 0 spiro atoms. The van der Waals surface area contributed by atoms with Gasteiger partial charge in [-0.1, -0.05) is 25.9 Å². The predicted octanol–water partition coefficient (Wildman–Crippen LogP) is 2.34. The van der Waals surface area contributed by atoms with Crippen molar-refractivity contribution in [1.82, 2.24) is 10.1 Å². The summed E-state index contributed by atoms with van der Waals surface area (Å²) in [5.74, 6) is 3.07. The molecule has 1 aromatic rings. The Kier molecular flexibility index (Phi) is 4.02. The Balaban J connectivity index is 2.48. The summed E-state index contributed by atoms with van der Waals surface area (Å²) in [6.45, 7) is 10.2. The Hall–Kier alpha value is -0.550. The van der Waals surface area contributed by atoms with Gasteiger partial charge in [0.1, 0.15) is 0 Å². The van der Waals surface area contributed by atoms with Crippen molar-refractivity contribution in [2.75, 3.05) is 5.75 Å². The van der Waals surface area contributed by atoms with E-state index in [9.17, 15) is 0 Å². The fourth-order valence-electron chi connectivity index (χ4n) is 1.02. The largest absolute Gasteiger partial charge is 0.339 e. The molecule has 0 saturated carbocycles. The van der Waals surface area contributed by atoms with Crippen LogP contribution in [0.1, 0.15) is 46.3 Å². The van der Waals surface area contributed by atoms with Gasteiger partial charge in [0.15, 0.2) is 5.82 Å². The van der Waals surface area contributed by atoms with E-state index in [1.807, 2.05) is 13.8 Å². The van der Waals surface area contributed by atoms with Crippen molar-refractivity contribution in [1.29, 1.82) is 0 Å². The molecule has 5 heteroatoms. The highest BCUT2D eigenvalue weighted by Crippen LogP contribution is 2.21. The lowest BCUT2D eigenvalue weighted by Gasteiger charge is -2.16. The van der Waals surface area contributed by atoms with Gasteiger partial charge in [0.2, 0.25) is 5.89 Å². The van der Waals surface area contributed by atoms with E-state index in [-0.39, 0.29) is 11.0 Å². The summed E-state index contributed by atoms with van der Waals surface area (Å²) in [6.07, 6.45) is 0. The summed E-state index contributed by atoms with van der Waals surface area (Å²) in [5, 5.41) is 3.95. The zero-order valence-corrected chi connectivity index (χ0v) is 11.5. The van der Waals surface area contributed by atoms with Crippen molar-refractivity contribution in [3.05, 3.63) is 11.7 Å². The van der Waals surface area contributed by atoms with Crippen molar-refractivity contribution >= 4 is 11.8 Å². The van der Waals surface area contributed by atoms with E-state index in [0.29, 0.717) is 5.89 Å². The van der Waals surface area contributed by atoms with E-state index >= 15 is 0 Å². The lowest BCUT2D eigenvalue weighted by atomic mass is 9.97. The highest BCUT2D eigenvalue weighted by atomic mass is 32.2. The van der Waals surface area contributed by atoms with Gasteiger partial charge < -0.3 is 10.3 Å². The molecule has 1 aromatic heterocycles. The molecule has 0 fully saturated rings. The van der Waals surface area contributed by atoms with Gasteiger partial charge in [-0.05, 0) is 13.8 Å². The first-order valence-electron chi connectivity index (χ1n) is 5.38. The minimum atomic E-state index is -0.152. The molecular weight excluding hydrogens is 222 g/mol. The van der Waals surface area contributed by atoms with Gasteiger partial charge in [-0.15, -0.1) is 0 Å². The molecular formula is C11H21N3OS. The Morgan fingerprint density at radius 2 is 1.88 bits per heavy atom. The van der Waals surface area contributed by atoms with E-state index < -0.39 is 0 Å². The zero-order valence-electron chi connectivity index (χ0n) is 10.7. The van der Waals surface area contributed by atoms with Gasteiger partial charge in [-0.3, -0.25) is 0 Å². The molecule has 1 rings (SSSR count). The quantitative estimate of drug-likeness (QED) is 0.879. The van der Waals surface area contributed by atoms with Crippen LogP contribution >= 0.6 is 11.8 Å². The van der Waals surface area contributed by atoms with Gasteiger partial charge in [0, 0.05) is 16.7 Å². The van der Waals surface area contributed by atoms with Gasteiger partial charge >= 0.3 is 0 Å². The topological polar surface area (TPSA) is 64.9 Å². The van der Waals surface area contributed by atoms with Crippen molar-refractivity contribution in [2.45, 2.75) is 51.3 Å². The number of rotatable bonds is 4. The minimum Gasteiger partial charge on any atom is -0.339 e. The lowest BCUT2D eigenvalue weighted by molar-refractivity contribution is 0.319. The molecule has 0 aromatic carbocycles. The molecule has 0 saturated heterocycles. The first kappa shape index (κ1) is 13.5. The lowest BCUT2D eigenvalue weighted by Crippen LogP contribution is -2.34. The van der Waals surface area contributed by atoms with Gasteiger partial charge in [0.25, 0.3) is 0 Å². The summed E-state index contributed by atoms with van der Waals surface area (Å²) in [4.78, 5) is 4.36. The van der Waals surface area contributed by atoms with Gasteiger partial charge in [0.05, 0.1) is 5.75 Å². The minimum absolute atomic E-state index is 0.0803. The number of hydrogen-bond acceptors (Lipinski definition) is 5. The summed E-state index contributed by atoms with van der Waals surface area (Å²) >= 11 is 1.73. The summed E-state index contributed by atoms with van der Waals surface area (Å²) in [7, 11) is 0. The monoisotopic (exact) mass is 243 g/mol. The molecule has 0 bridgehead atoms. The van der Waals surface area contributed by atoms with Crippen LogP contribution in [-0.2, 0) is 11.2 Å². The molecule has 16 heavy (non-hydrogen) atoms. The van der Waals surface area contributed by atoms with E-state index in [1.165, 1.54) is 0 Å². The van der Waals surface area contributed by atoms with Crippen LogP contribution in [0.4, 0.5) is 0 Å². The molecule has 0 amide bonds. The second-order valence-electron chi connectivity index (χ2n) is 5.75. The highest BCUT2D eigenvalue weighted by molar-refractivity contribution is 7.98. The van der Waals surface area contributed by atoms with Crippen LogP contribution in [0.15, 0.2) is 4.52 Å². The number of thioether (sulfide) groups is 1. The van der Waals surface area contributed by atoms with Crippen molar-refractivity contribution < 1.29 is 4.52 Å². The smallest absolute Gasteiger partial charge is 0.232 e. The Bertz CT molecular complexity index is 336. The molecule has 4 nitrogen and oxygen atoms in total. The number of hydrogen-bond donors (Lipinski definition) is 1. The predicted molar refractivity (Wildman–Crippen MR) is 67.4 cm³/mol. The molecule has 0 aliphatic carbocycles. The van der Waals surface area contributed by atoms with Crippen LogP contribution in [0.2, 0.25) is 0 Å². The fourth-order valence-corrected chi connectivity index (χ4v) is 1.95. The number of nitrogens with two attached hydrogens (primary N) is 1. The Labute approximate surface area is 101 Å². The summed E-state index contributed by atoms with van der Waals surface area (Å²) in [6, 6.07) is 0. The van der Waals surface area contributed by atoms with Crippen molar-refractivity contribution in [2.24, 2.45) is 5.73 Å². The second kappa shape index (κ2) is 4.75. The van der Waals surface area contributed by atoms with Crippen molar-refractivity contribution in [3.8, 4) is 0 Å². The Morgan fingerprint density at radius 1 is 1.25 bits per heavy atom. The zero-order chi connectivity index (χ0) is 12.4. The van der Waals surface area contributed by atoms with Crippen LogP contribution < -0.4 is 5.73 Å². The number of aromatic nitrogens is 2. The third kappa shape index (κ3) is 4.53. The standard InChI is InChI=1S/C11H21N3OS/c1-10(2,3)9-13-8(14-15-9)6-16-7-11(4,5)12/h6-7,12H2,1-5H3. The molecule has 1 heterocycles. The van der Waals surface area contributed by atoms with Crippen LogP contribution in [-0.4, -0.2) is 21.4 Å². The molecule has 0 aliphatic heterocycles. The van der Waals surface area contributed by atoms with Gasteiger partial charge in [-0.2, -0.15) is 16.7 Å². The van der Waals surface area contributed by atoms with E-state index in [4.69, 9.17) is 10.3 Å². The first-order valence-corrected chi connectivity index (χ1v) is 6.54.